The van der Waals surface area contributed by atoms with Crippen LogP contribution < -0.4 is 14.9 Å². The molecule has 0 unspecified atom stereocenters. The van der Waals surface area contributed by atoms with Gasteiger partial charge >= 0.3 is 6.03 Å². The maximum atomic E-state index is 12.7. The second-order valence-corrected chi connectivity index (χ2v) is 11.3. The molecule has 2 aromatic heterocycles. The molecule has 0 spiro atoms. The van der Waals surface area contributed by atoms with Crippen LogP contribution in [0.25, 0.3) is 11.4 Å². The van der Waals surface area contributed by atoms with E-state index in [4.69, 9.17) is 11.6 Å². The molecular formula is C24H25ClN6O5S. The van der Waals surface area contributed by atoms with Crippen molar-refractivity contribution in [2.24, 2.45) is 0 Å². The van der Waals surface area contributed by atoms with Gasteiger partial charge in [0.25, 0.3) is 11.8 Å². The predicted molar refractivity (Wildman–Crippen MR) is 140 cm³/mol. The second-order valence-electron chi connectivity index (χ2n) is 9.15. The van der Waals surface area contributed by atoms with Crippen molar-refractivity contribution in [1.82, 2.24) is 20.2 Å². The second kappa shape index (κ2) is 9.52. The fourth-order valence-corrected chi connectivity index (χ4v) is 4.59. The van der Waals surface area contributed by atoms with Crippen molar-refractivity contribution in [1.29, 1.82) is 0 Å². The first-order valence-electron chi connectivity index (χ1n) is 11.1. The Hall–Kier alpha value is -3.90. The summed E-state index contributed by atoms with van der Waals surface area (Å²) in [7, 11) is -1.90. The Morgan fingerprint density at radius 2 is 1.89 bits per heavy atom. The average molecular weight is 545 g/mol. The number of halogens is 1. The lowest BCUT2D eigenvalue weighted by Crippen LogP contribution is -2.41. The molecule has 0 saturated carbocycles. The van der Waals surface area contributed by atoms with E-state index in [1.54, 1.807) is 51.2 Å². The Bertz CT molecular complexity index is 1500. The molecule has 194 valence electrons. The van der Waals surface area contributed by atoms with E-state index in [1.165, 1.54) is 23.4 Å². The molecule has 1 aliphatic heterocycles. The van der Waals surface area contributed by atoms with Crippen LogP contribution in [-0.2, 0) is 21.4 Å². The van der Waals surface area contributed by atoms with Crippen molar-refractivity contribution >= 4 is 50.8 Å². The van der Waals surface area contributed by atoms with Gasteiger partial charge in [0.15, 0.2) is 0 Å². The van der Waals surface area contributed by atoms with E-state index in [-0.39, 0.29) is 18.4 Å². The number of benzene rings is 1. The molecule has 3 heterocycles. The highest BCUT2D eigenvalue weighted by molar-refractivity contribution is 7.92. The fraction of sp³-hybridized carbons (Fsp3) is 0.250. The van der Waals surface area contributed by atoms with Crippen LogP contribution in [0.4, 0.5) is 16.2 Å². The first-order valence-corrected chi connectivity index (χ1v) is 13.4. The van der Waals surface area contributed by atoms with Gasteiger partial charge in [0.2, 0.25) is 10.0 Å². The molecule has 0 radical (unpaired) electrons. The van der Waals surface area contributed by atoms with Crippen LogP contribution in [0.3, 0.4) is 0 Å². The zero-order valence-electron chi connectivity index (χ0n) is 20.5. The number of aromatic nitrogens is 2. The summed E-state index contributed by atoms with van der Waals surface area (Å²) < 4.78 is 25.3. The lowest BCUT2D eigenvalue weighted by molar-refractivity contribution is -0.123. The molecule has 0 aliphatic carbocycles. The molecule has 11 nitrogen and oxygen atoms in total. The van der Waals surface area contributed by atoms with Crippen LogP contribution in [0.15, 0.2) is 48.8 Å². The molecule has 13 heteroatoms. The van der Waals surface area contributed by atoms with Crippen molar-refractivity contribution < 1.29 is 22.8 Å². The summed E-state index contributed by atoms with van der Waals surface area (Å²) in [6, 6.07) is 9.14. The summed E-state index contributed by atoms with van der Waals surface area (Å²) in [6.07, 6.45) is 3.99. The van der Waals surface area contributed by atoms with Crippen LogP contribution in [0, 0.1) is 0 Å². The maximum absolute atomic E-state index is 12.7. The smallest absolute Gasteiger partial charge is 0.332 e. The lowest BCUT2D eigenvalue weighted by atomic mass is 10.1. The number of pyridine rings is 1. The van der Waals surface area contributed by atoms with E-state index in [1.807, 2.05) is 0 Å². The number of rotatable bonds is 7. The summed E-state index contributed by atoms with van der Waals surface area (Å²) in [5.41, 5.74) is 1.74. The zero-order valence-corrected chi connectivity index (χ0v) is 22.1. The number of carbonyl (C=O) groups is 3. The number of sulfonamides is 1. The Morgan fingerprint density at radius 1 is 1.16 bits per heavy atom. The first-order chi connectivity index (χ1) is 17.3. The summed E-state index contributed by atoms with van der Waals surface area (Å²) in [5.74, 6) is -0.706. The van der Waals surface area contributed by atoms with Gasteiger partial charge in [-0.2, -0.15) is 0 Å². The van der Waals surface area contributed by atoms with Gasteiger partial charge < -0.3 is 15.2 Å². The molecule has 3 N–H and O–H groups in total. The number of hydrogen-bond acceptors (Lipinski definition) is 6. The van der Waals surface area contributed by atoms with E-state index < -0.39 is 21.6 Å². The van der Waals surface area contributed by atoms with Gasteiger partial charge in [0.05, 0.1) is 40.8 Å². The summed E-state index contributed by atoms with van der Waals surface area (Å²) in [5, 5.41) is 3.09. The van der Waals surface area contributed by atoms with Crippen LogP contribution in [-0.4, -0.2) is 60.0 Å². The number of carbonyl (C=O) groups excluding carboxylic acids is 3. The Kier molecular flexibility index (Phi) is 6.74. The van der Waals surface area contributed by atoms with E-state index in [9.17, 15) is 22.8 Å². The minimum atomic E-state index is -3.47. The molecule has 0 atom stereocenters. The normalized spacial score (nSPS) is 15.3. The number of likely N-dealkylation sites (N-methyl/N-ethyl adjacent to an activating group) is 1. The SMILES string of the molecule is CN1C(=O)N(c2ccc(-c3cc(C(=O)NCc4cc(Cl)cc(NS(C)(=O)=O)c4)c[nH]3)nc2)C(=O)C1(C)C. The number of nitrogens with zero attached hydrogens (tertiary/aromatic N) is 3. The molecule has 3 aromatic rings. The number of anilines is 2. The van der Waals surface area contributed by atoms with Crippen LogP contribution in [0.1, 0.15) is 29.8 Å². The first kappa shape index (κ1) is 26.2. The van der Waals surface area contributed by atoms with Crippen LogP contribution >= 0.6 is 11.6 Å². The minimum Gasteiger partial charge on any atom is -0.359 e. The highest BCUT2D eigenvalue weighted by Crippen LogP contribution is 2.31. The number of urea groups is 1. The van der Waals surface area contributed by atoms with Crippen LogP contribution in [0.2, 0.25) is 5.02 Å². The van der Waals surface area contributed by atoms with Crippen molar-refractivity contribution in [3.8, 4) is 11.4 Å². The Labute approximate surface area is 218 Å². The molecule has 0 bridgehead atoms. The quantitative estimate of drug-likeness (QED) is 0.389. The summed E-state index contributed by atoms with van der Waals surface area (Å²) in [6.45, 7) is 3.48. The van der Waals surface area contributed by atoms with E-state index in [2.05, 4.69) is 20.0 Å². The zero-order chi connectivity index (χ0) is 27.1. The maximum Gasteiger partial charge on any atom is 0.332 e. The standard InChI is InChI=1S/C24H25ClN6O5S/c1-24(2)22(33)31(23(34)30(24)3)18-5-6-19(27-13-18)20-9-15(12-26-20)21(32)28-11-14-7-16(25)10-17(8-14)29-37(4,35)36/h5-10,12-13,26,29H,11H2,1-4H3,(H,28,32). The van der Waals surface area contributed by atoms with Crippen LogP contribution in [0.5, 0.6) is 0 Å². The van der Waals surface area contributed by atoms with Gasteiger partial charge in [-0.05, 0) is 55.8 Å². The van der Waals surface area contributed by atoms with E-state index in [0.29, 0.717) is 38.9 Å². The lowest BCUT2D eigenvalue weighted by Gasteiger charge is -2.22. The average Bonchev–Trinajstić information content (AvgIpc) is 3.36. The third-order valence-corrected chi connectivity index (χ3v) is 6.81. The minimum absolute atomic E-state index is 0.119. The predicted octanol–water partition coefficient (Wildman–Crippen LogP) is 3.21. The number of hydrogen-bond donors (Lipinski definition) is 3. The Balaban J connectivity index is 1.44. The van der Waals surface area contributed by atoms with Gasteiger partial charge in [-0.25, -0.2) is 18.1 Å². The van der Waals surface area contributed by atoms with Gasteiger partial charge in [-0.1, -0.05) is 11.6 Å². The number of H-pyrrole nitrogens is 1. The highest BCUT2D eigenvalue weighted by Gasteiger charge is 2.50. The summed E-state index contributed by atoms with van der Waals surface area (Å²) in [4.78, 5) is 47.7. The molecule has 4 rings (SSSR count). The molecular weight excluding hydrogens is 520 g/mol. The number of aromatic amines is 1. The van der Waals surface area contributed by atoms with Crippen molar-refractivity contribution in [3.63, 3.8) is 0 Å². The van der Waals surface area contributed by atoms with Gasteiger partial charge in [0, 0.05) is 24.8 Å². The van der Waals surface area contributed by atoms with Gasteiger partial charge in [0.1, 0.15) is 5.54 Å². The molecule has 4 amide bonds. The topological polar surface area (TPSA) is 145 Å². The third-order valence-electron chi connectivity index (χ3n) is 5.98. The summed E-state index contributed by atoms with van der Waals surface area (Å²) >= 11 is 6.07. The molecule has 1 fully saturated rings. The molecule has 1 saturated heterocycles. The monoisotopic (exact) mass is 544 g/mol. The highest BCUT2D eigenvalue weighted by atomic mass is 35.5. The number of nitrogens with one attached hydrogen (secondary N) is 3. The van der Waals surface area contributed by atoms with E-state index >= 15 is 0 Å². The fourth-order valence-electron chi connectivity index (χ4n) is 3.78. The molecule has 1 aromatic carbocycles. The molecule has 37 heavy (non-hydrogen) atoms. The largest absolute Gasteiger partial charge is 0.359 e. The van der Waals surface area contributed by atoms with Gasteiger partial charge in [-0.3, -0.25) is 19.3 Å². The van der Waals surface area contributed by atoms with Crippen molar-refractivity contribution in [2.75, 3.05) is 22.9 Å². The van der Waals surface area contributed by atoms with E-state index in [0.717, 1.165) is 11.2 Å². The van der Waals surface area contributed by atoms with Gasteiger partial charge in [-0.15, -0.1) is 0 Å². The third kappa shape index (κ3) is 5.44. The Morgan fingerprint density at radius 3 is 2.49 bits per heavy atom. The number of amides is 4. The van der Waals surface area contributed by atoms with Crippen molar-refractivity contribution in [2.45, 2.75) is 25.9 Å². The number of imide groups is 1. The molecule has 1 aliphatic rings. The van der Waals surface area contributed by atoms with Crippen molar-refractivity contribution in [3.05, 3.63) is 64.9 Å².